The van der Waals surface area contributed by atoms with E-state index in [1.807, 2.05) is 39.8 Å². The van der Waals surface area contributed by atoms with Crippen molar-refractivity contribution in [1.82, 2.24) is 15.5 Å². The predicted octanol–water partition coefficient (Wildman–Crippen LogP) is 3.52. The average Bonchev–Trinajstić information content (AvgIpc) is 3.04. The summed E-state index contributed by atoms with van der Waals surface area (Å²) in [6, 6.07) is -1.24. The van der Waals surface area contributed by atoms with E-state index >= 15 is 0 Å². The largest absolute Gasteiger partial charge is 0.394 e. The maximum atomic E-state index is 14.1. The molecule has 35 heavy (non-hydrogen) atoms. The first-order valence-electron chi connectivity index (χ1n) is 13.4. The fourth-order valence-corrected chi connectivity index (χ4v) is 6.53. The Labute approximate surface area is 212 Å². The van der Waals surface area contributed by atoms with Crippen LogP contribution in [0.15, 0.2) is 12.2 Å². The normalized spacial score (nSPS) is 28.5. The van der Waals surface area contributed by atoms with Crippen molar-refractivity contribution in [2.24, 2.45) is 35.0 Å². The first-order valence-corrected chi connectivity index (χ1v) is 13.4. The summed E-state index contributed by atoms with van der Waals surface area (Å²) in [5.41, 5.74) is -0.464. The summed E-state index contributed by atoms with van der Waals surface area (Å²) in [7, 11) is 1.60. The summed E-state index contributed by atoms with van der Waals surface area (Å²) >= 11 is 0. The van der Waals surface area contributed by atoms with E-state index in [1.165, 1.54) is 0 Å². The van der Waals surface area contributed by atoms with E-state index in [-0.39, 0.29) is 41.6 Å². The van der Waals surface area contributed by atoms with Gasteiger partial charge in [-0.05, 0) is 43.9 Å². The number of hydrogen-bond donors (Lipinski definition) is 3. The fraction of sp³-hybridized carbons (Fsp3) is 0.821. The SMILES string of the molecule is CCC[C@@H]1C=C[C@H]2[C@@H](C(=O)N([C@@H](CO)[C@@H](C)CC)[C@@H]2C(=O)NC(C)(C)CC(C)(C)C)[C@@H]1C(=O)NC. The third kappa shape index (κ3) is 6.46. The van der Waals surface area contributed by atoms with E-state index in [9.17, 15) is 19.5 Å². The monoisotopic (exact) mass is 491 g/mol. The molecule has 1 heterocycles. The minimum absolute atomic E-state index is 0.0101. The van der Waals surface area contributed by atoms with Gasteiger partial charge in [-0.2, -0.15) is 0 Å². The molecule has 0 radical (unpaired) electrons. The molecule has 7 heteroatoms. The van der Waals surface area contributed by atoms with Gasteiger partial charge in [-0.3, -0.25) is 14.4 Å². The van der Waals surface area contributed by atoms with Crippen LogP contribution in [-0.2, 0) is 14.4 Å². The Hall–Kier alpha value is -1.89. The third-order valence-electron chi connectivity index (χ3n) is 7.77. The molecule has 3 amide bonds. The van der Waals surface area contributed by atoms with Gasteiger partial charge in [-0.25, -0.2) is 0 Å². The van der Waals surface area contributed by atoms with E-state index in [4.69, 9.17) is 0 Å². The number of carbonyl (C=O) groups is 3. The Bertz CT molecular complexity index is 801. The van der Waals surface area contributed by atoms with Crippen LogP contribution in [0.2, 0.25) is 0 Å². The second kappa shape index (κ2) is 11.4. The number of allylic oxidation sites excluding steroid dienone is 1. The summed E-state index contributed by atoms with van der Waals surface area (Å²) in [6.45, 7) is 16.3. The van der Waals surface area contributed by atoms with Crippen molar-refractivity contribution in [1.29, 1.82) is 0 Å². The Morgan fingerprint density at radius 3 is 2.23 bits per heavy atom. The van der Waals surface area contributed by atoms with Crippen LogP contribution in [0.4, 0.5) is 0 Å². The topological polar surface area (TPSA) is 98.7 Å². The molecule has 1 saturated heterocycles. The molecule has 2 rings (SSSR count). The van der Waals surface area contributed by atoms with Gasteiger partial charge in [-0.1, -0.05) is 66.5 Å². The highest BCUT2D eigenvalue weighted by molar-refractivity contribution is 5.97. The molecule has 1 fully saturated rings. The van der Waals surface area contributed by atoms with Crippen LogP contribution < -0.4 is 10.6 Å². The lowest BCUT2D eigenvalue weighted by atomic mass is 9.68. The highest BCUT2D eigenvalue weighted by atomic mass is 16.3. The highest BCUT2D eigenvalue weighted by Crippen LogP contribution is 2.46. The summed E-state index contributed by atoms with van der Waals surface area (Å²) < 4.78 is 0. The molecule has 0 aromatic rings. The van der Waals surface area contributed by atoms with Gasteiger partial charge in [0.25, 0.3) is 0 Å². The Balaban J connectivity index is 2.57. The highest BCUT2D eigenvalue weighted by Gasteiger charge is 2.59. The Morgan fingerprint density at radius 2 is 1.74 bits per heavy atom. The van der Waals surface area contributed by atoms with Gasteiger partial charge in [0, 0.05) is 18.5 Å². The Morgan fingerprint density at radius 1 is 1.11 bits per heavy atom. The van der Waals surface area contributed by atoms with Crippen LogP contribution in [0.25, 0.3) is 0 Å². The molecular formula is C28H49N3O4. The van der Waals surface area contributed by atoms with Gasteiger partial charge < -0.3 is 20.6 Å². The van der Waals surface area contributed by atoms with Crippen molar-refractivity contribution < 1.29 is 19.5 Å². The number of nitrogens with one attached hydrogen (secondary N) is 2. The molecule has 2 aliphatic rings. The molecule has 1 aliphatic heterocycles. The van der Waals surface area contributed by atoms with Crippen LogP contribution in [0, 0.1) is 35.0 Å². The van der Waals surface area contributed by atoms with Crippen LogP contribution in [0.3, 0.4) is 0 Å². The number of fused-ring (bicyclic) bond motifs is 1. The van der Waals surface area contributed by atoms with Crippen LogP contribution in [0.5, 0.6) is 0 Å². The summed E-state index contributed by atoms with van der Waals surface area (Å²) in [5.74, 6) is -2.16. The van der Waals surface area contributed by atoms with Crippen molar-refractivity contribution >= 4 is 17.7 Å². The molecule has 0 saturated carbocycles. The van der Waals surface area contributed by atoms with E-state index in [2.05, 4.69) is 38.3 Å². The van der Waals surface area contributed by atoms with Crippen molar-refractivity contribution in [2.45, 2.75) is 98.7 Å². The maximum absolute atomic E-state index is 14.1. The van der Waals surface area contributed by atoms with Crippen molar-refractivity contribution in [3.05, 3.63) is 12.2 Å². The lowest BCUT2D eigenvalue weighted by molar-refractivity contribution is -0.144. The summed E-state index contributed by atoms with van der Waals surface area (Å²) in [5, 5.41) is 16.3. The molecule has 0 aromatic heterocycles. The van der Waals surface area contributed by atoms with Crippen molar-refractivity contribution in [3.8, 4) is 0 Å². The zero-order valence-electron chi connectivity index (χ0n) is 23.4. The number of rotatable bonds is 10. The van der Waals surface area contributed by atoms with Gasteiger partial charge in [0.1, 0.15) is 6.04 Å². The second-order valence-corrected chi connectivity index (χ2v) is 12.5. The number of amides is 3. The quantitative estimate of drug-likeness (QED) is 0.407. The van der Waals surface area contributed by atoms with E-state index in [0.29, 0.717) is 0 Å². The minimum atomic E-state index is -0.760. The van der Waals surface area contributed by atoms with Gasteiger partial charge in [0.15, 0.2) is 0 Å². The molecule has 0 unspecified atom stereocenters. The molecular weight excluding hydrogens is 442 g/mol. The minimum Gasteiger partial charge on any atom is -0.394 e. The van der Waals surface area contributed by atoms with Gasteiger partial charge >= 0.3 is 0 Å². The number of aliphatic hydroxyl groups excluding tert-OH is 1. The van der Waals surface area contributed by atoms with Crippen LogP contribution in [0.1, 0.15) is 81.1 Å². The van der Waals surface area contributed by atoms with E-state index < -0.39 is 35.4 Å². The second-order valence-electron chi connectivity index (χ2n) is 12.5. The number of nitrogens with zero attached hydrogens (tertiary/aromatic N) is 1. The molecule has 0 bridgehead atoms. The van der Waals surface area contributed by atoms with Gasteiger partial charge in [0.05, 0.1) is 24.5 Å². The number of aliphatic hydroxyl groups is 1. The lowest BCUT2D eigenvalue weighted by Gasteiger charge is -2.39. The van der Waals surface area contributed by atoms with E-state index in [1.54, 1.807) is 11.9 Å². The molecule has 0 spiro atoms. The fourth-order valence-electron chi connectivity index (χ4n) is 6.53. The maximum Gasteiger partial charge on any atom is 0.243 e. The molecule has 7 nitrogen and oxygen atoms in total. The smallest absolute Gasteiger partial charge is 0.243 e. The molecule has 200 valence electrons. The predicted molar refractivity (Wildman–Crippen MR) is 139 cm³/mol. The zero-order valence-corrected chi connectivity index (χ0v) is 23.4. The van der Waals surface area contributed by atoms with E-state index in [0.717, 1.165) is 25.7 Å². The first-order chi connectivity index (χ1) is 16.2. The zero-order chi connectivity index (χ0) is 26.7. The van der Waals surface area contributed by atoms with Crippen molar-refractivity contribution in [3.63, 3.8) is 0 Å². The average molecular weight is 492 g/mol. The number of likely N-dealkylation sites (tertiary alicyclic amines) is 1. The van der Waals surface area contributed by atoms with Crippen LogP contribution >= 0.6 is 0 Å². The van der Waals surface area contributed by atoms with Crippen molar-refractivity contribution in [2.75, 3.05) is 13.7 Å². The molecule has 7 atom stereocenters. The molecule has 1 aliphatic carbocycles. The molecule has 0 aromatic carbocycles. The number of carbonyl (C=O) groups excluding carboxylic acids is 3. The van der Waals surface area contributed by atoms with Gasteiger partial charge in [0.2, 0.25) is 17.7 Å². The van der Waals surface area contributed by atoms with Gasteiger partial charge in [-0.15, -0.1) is 0 Å². The molecule has 3 N–H and O–H groups in total. The number of hydrogen-bond acceptors (Lipinski definition) is 4. The summed E-state index contributed by atoms with van der Waals surface area (Å²) in [6.07, 6.45) is 7.27. The first kappa shape index (κ1) is 29.3. The lowest BCUT2D eigenvalue weighted by Crippen LogP contribution is -2.58. The third-order valence-corrected chi connectivity index (χ3v) is 7.77. The van der Waals surface area contributed by atoms with Crippen LogP contribution in [-0.4, -0.2) is 59.0 Å². The Kier molecular flexibility index (Phi) is 9.59. The summed E-state index contributed by atoms with van der Waals surface area (Å²) in [4.78, 5) is 42.7. The standard InChI is InChI=1S/C28H49N3O4/c1-10-12-18-13-14-19-22(21(18)24(33)29-9)26(35)31(20(15-32)17(3)11-2)23(19)25(34)30-28(7,8)16-27(4,5)6/h13-14,17-23,32H,10-12,15-16H2,1-9H3,(H,29,33)(H,30,34)/t17-,18+,19-,20-,21+,22+,23-/m0/s1.